The lowest BCUT2D eigenvalue weighted by Crippen LogP contribution is -2.50. The number of hydrogen-bond acceptors (Lipinski definition) is 4. The first-order chi connectivity index (χ1) is 9.20. The van der Waals surface area contributed by atoms with Gasteiger partial charge in [0.15, 0.2) is 9.84 Å². The highest BCUT2D eigenvalue weighted by molar-refractivity contribution is 7.92. The van der Waals surface area contributed by atoms with E-state index < -0.39 is 20.5 Å². The summed E-state index contributed by atoms with van der Waals surface area (Å²) in [6.45, 7) is 2.95. The van der Waals surface area contributed by atoms with E-state index in [2.05, 4.69) is 0 Å². The Morgan fingerprint density at radius 1 is 1.25 bits per heavy atom. The Kier molecular flexibility index (Phi) is 5.30. The topological polar surface area (TPSA) is 74.7 Å². The molecule has 0 radical (unpaired) electrons. The van der Waals surface area contributed by atoms with Crippen molar-refractivity contribution in [1.82, 2.24) is 4.90 Å². The van der Waals surface area contributed by atoms with E-state index in [1.54, 1.807) is 0 Å². The Bertz CT molecular complexity index is 552. The highest BCUT2D eigenvalue weighted by atomic mass is 32.2. The molecule has 1 aromatic rings. The van der Waals surface area contributed by atoms with Gasteiger partial charge >= 0.3 is 0 Å². The highest BCUT2D eigenvalue weighted by Crippen LogP contribution is 2.20. The molecule has 0 spiro atoms. The van der Waals surface area contributed by atoms with Gasteiger partial charge in [-0.3, -0.25) is 4.79 Å². The molecule has 0 aliphatic carbocycles. The van der Waals surface area contributed by atoms with E-state index in [1.807, 2.05) is 30.3 Å². The van der Waals surface area contributed by atoms with Gasteiger partial charge in [-0.05, 0) is 19.4 Å². The number of aliphatic hydroxyl groups is 1. The molecule has 0 unspecified atom stereocenters. The van der Waals surface area contributed by atoms with Crippen LogP contribution in [0.1, 0.15) is 19.4 Å². The third-order valence-electron chi connectivity index (χ3n) is 3.32. The van der Waals surface area contributed by atoms with Crippen LogP contribution in [0.5, 0.6) is 0 Å². The van der Waals surface area contributed by atoms with Gasteiger partial charge in [-0.15, -0.1) is 0 Å². The minimum atomic E-state index is -3.53. The number of aliphatic hydroxyl groups excluding tert-OH is 1. The van der Waals surface area contributed by atoms with Gasteiger partial charge in [-0.2, -0.15) is 0 Å². The summed E-state index contributed by atoms with van der Waals surface area (Å²) in [5.41, 5.74) is 0.888. The maximum absolute atomic E-state index is 12.4. The minimum absolute atomic E-state index is 0.104. The van der Waals surface area contributed by atoms with E-state index in [-0.39, 0.29) is 19.7 Å². The fourth-order valence-electron chi connectivity index (χ4n) is 1.72. The number of amides is 1. The molecule has 0 aliphatic rings. The van der Waals surface area contributed by atoms with Gasteiger partial charge in [-0.25, -0.2) is 8.42 Å². The van der Waals surface area contributed by atoms with Gasteiger partial charge < -0.3 is 10.0 Å². The van der Waals surface area contributed by atoms with Crippen LogP contribution in [0.4, 0.5) is 0 Å². The summed E-state index contributed by atoms with van der Waals surface area (Å²) in [5, 5.41) is 9.09. The standard InChI is InChI=1S/C14H21NO4S/c1-14(2,20(3,18)19)13(17)15(9-10-16)11-12-7-5-4-6-8-12/h4-8,16H,9-11H2,1-3H3. The van der Waals surface area contributed by atoms with Crippen LogP contribution in [-0.2, 0) is 21.2 Å². The quantitative estimate of drug-likeness (QED) is 0.844. The Balaban J connectivity index is 3.00. The van der Waals surface area contributed by atoms with Crippen LogP contribution < -0.4 is 0 Å². The molecule has 0 bridgehead atoms. The lowest BCUT2D eigenvalue weighted by molar-refractivity contribution is -0.134. The number of rotatable bonds is 6. The van der Waals surface area contributed by atoms with Crippen LogP contribution in [0.2, 0.25) is 0 Å². The molecule has 6 heteroatoms. The van der Waals surface area contributed by atoms with Gasteiger partial charge in [-0.1, -0.05) is 30.3 Å². The van der Waals surface area contributed by atoms with Crippen LogP contribution in [-0.4, -0.2) is 48.5 Å². The fraction of sp³-hybridized carbons (Fsp3) is 0.500. The average molecular weight is 299 g/mol. The van der Waals surface area contributed by atoms with Crippen molar-refractivity contribution in [2.75, 3.05) is 19.4 Å². The molecule has 1 rings (SSSR count). The Morgan fingerprint density at radius 2 is 1.80 bits per heavy atom. The van der Waals surface area contributed by atoms with E-state index in [4.69, 9.17) is 5.11 Å². The zero-order valence-corrected chi connectivity index (χ0v) is 12.9. The van der Waals surface area contributed by atoms with Crippen molar-refractivity contribution in [1.29, 1.82) is 0 Å². The molecule has 112 valence electrons. The normalized spacial score (nSPS) is 12.2. The second-order valence-electron chi connectivity index (χ2n) is 5.22. The van der Waals surface area contributed by atoms with E-state index in [9.17, 15) is 13.2 Å². The van der Waals surface area contributed by atoms with Crippen LogP contribution >= 0.6 is 0 Å². The molecule has 0 saturated heterocycles. The van der Waals surface area contributed by atoms with Gasteiger partial charge in [0, 0.05) is 19.3 Å². The first kappa shape index (κ1) is 16.7. The number of nitrogens with zero attached hydrogens (tertiary/aromatic N) is 1. The minimum Gasteiger partial charge on any atom is -0.395 e. The van der Waals surface area contributed by atoms with E-state index >= 15 is 0 Å². The largest absolute Gasteiger partial charge is 0.395 e. The third kappa shape index (κ3) is 3.80. The fourth-order valence-corrected chi connectivity index (χ4v) is 2.16. The maximum Gasteiger partial charge on any atom is 0.243 e. The van der Waals surface area contributed by atoms with Crippen LogP contribution in [0.3, 0.4) is 0 Å². The van der Waals surface area contributed by atoms with Crippen LogP contribution in [0, 0.1) is 0 Å². The second kappa shape index (κ2) is 6.37. The van der Waals surface area contributed by atoms with Crippen molar-refractivity contribution in [3.8, 4) is 0 Å². The zero-order valence-electron chi connectivity index (χ0n) is 12.0. The molecular formula is C14H21NO4S. The third-order valence-corrected chi connectivity index (χ3v) is 5.34. The number of carbonyl (C=O) groups is 1. The van der Waals surface area contributed by atoms with Crippen molar-refractivity contribution in [2.24, 2.45) is 0 Å². The summed E-state index contributed by atoms with van der Waals surface area (Å²) in [6, 6.07) is 9.26. The van der Waals surface area contributed by atoms with Crippen molar-refractivity contribution >= 4 is 15.7 Å². The molecule has 1 N–H and O–H groups in total. The number of sulfone groups is 1. The molecule has 1 amide bonds. The molecule has 0 atom stereocenters. The maximum atomic E-state index is 12.4. The molecule has 0 heterocycles. The SMILES string of the molecule is CC(C)(C(=O)N(CCO)Cc1ccccc1)S(C)(=O)=O. The predicted octanol–water partition coefficient (Wildman–Crippen LogP) is 0.831. The van der Waals surface area contributed by atoms with Crippen molar-refractivity contribution in [3.05, 3.63) is 35.9 Å². The molecular weight excluding hydrogens is 278 g/mol. The molecule has 20 heavy (non-hydrogen) atoms. The first-order valence-corrected chi connectivity index (χ1v) is 8.23. The Morgan fingerprint density at radius 3 is 2.25 bits per heavy atom. The molecule has 1 aromatic carbocycles. The van der Waals surface area contributed by atoms with Gasteiger partial charge in [0.25, 0.3) is 0 Å². The summed E-state index contributed by atoms with van der Waals surface area (Å²) in [5.74, 6) is -0.502. The summed E-state index contributed by atoms with van der Waals surface area (Å²) >= 11 is 0. The predicted molar refractivity (Wildman–Crippen MR) is 77.9 cm³/mol. The molecule has 0 aromatic heterocycles. The molecule has 0 fully saturated rings. The molecule has 0 aliphatic heterocycles. The van der Waals surface area contributed by atoms with Crippen molar-refractivity contribution < 1.29 is 18.3 Å². The summed E-state index contributed by atoms with van der Waals surface area (Å²) in [4.78, 5) is 13.8. The summed E-state index contributed by atoms with van der Waals surface area (Å²) < 4.78 is 22.0. The lowest BCUT2D eigenvalue weighted by atomic mass is 10.1. The molecule has 5 nitrogen and oxygen atoms in total. The zero-order chi connectivity index (χ0) is 15.4. The van der Waals surface area contributed by atoms with Crippen molar-refractivity contribution in [3.63, 3.8) is 0 Å². The number of benzene rings is 1. The smallest absolute Gasteiger partial charge is 0.243 e. The van der Waals surface area contributed by atoms with Crippen LogP contribution in [0.25, 0.3) is 0 Å². The van der Waals surface area contributed by atoms with Gasteiger partial charge in [0.1, 0.15) is 4.75 Å². The van der Waals surface area contributed by atoms with E-state index in [0.29, 0.717) is 0 Å². The Hall–Kier alpha value is -1.40. The second-order valence-corrected chi connectivity index (χ2v) is 7.78. The van der Waals surface area contributed by atoms with Crippen molar-refractivity contribution in [2.45, 2.75) is 25.1 Å². The van der Waals surface area contributed by atoms with Gasteiger partial charge in [0.05, 0.1) is 6.61 Å². The Labute approximate surface area is 120 Å². The lowest BCUT2D eigenvalue weighted by Gasteiger charge is -2.30. The summed E-state index contributed by atoms with van der Waals surface area (Å²) in [6.07, 6.45) is 1.05. The van der Waals surface area contributed by atoms with E-state index in [0.717, 1.165) is 11.8 Å². The van der Waals surface area contributed by atoms with Gasteiger partial charge in [0.2, 0.25) is 5.91 Å². The highest BCUT2D eigenvalue weighted by Gasteiger charge is 2.41. The first-order valence-electron chi connectivity index (χ1n) is 6.34. The monoisotopic (exact) mass is 299 g/mol. The average Bonchev–Trinajstić information content (AvgIpc) is 2.37. The molecule has 0 saturated carbocycles. The van der Waals surface area contributed by atoms with E-state index in [1.165, 1.54) is 18.7 Å². The number of hydrogen-bond donors (Lipinski definition) is 1. The number of carbonyl (C=O) groups excluding carboxylic acids is 1. The summed E-state index contributed by atoms with van der Waals surface area (Å²) in [7, 11) is -3.53. The van der Waals surface area contributed by atoms with Crippen LogP contribution in [0.15, 0.2) is 30.3 Å².